The lowest BCUT2D eigenvalue weighted by Gasteiger charge is -2.29. The third-order valence-electron chi connectivity index (χ3n) is 5.14. The predicted molar refractivity (Wildman–Crippen MR) is 83.5 cm³/mol. The Balaban J connectivity index is 1.52. The van der Waals surface area contributed by atoms with Gasteiger partial charge in [0.15, 0.2) is 0 Å². The number of aliphatic carboxylic acids is 1. The average molecular weight is 301 g/mol. The van der Waals surface area contributed by atoms with Gasteiger partial charge in [0.05, 0.1) is 5.92 Å². The van der Waals surface area contributed by atoms with Gasteiger partial charge in [-0.2, -0.15) is 0 Å². The van der Waals surface area contributed by atoms with Crippen molar-refractivity contribution in [3.8, 4) is 0 Å². The molecule has 1 aromatic rings. The van der Waals surface area contributed by atoms with Crippen LogP contribution < -0.4 is 5.32 Å². The largest absolute Gasteiger partial charge is 0.481 e. The van der Waals surface area contributed by atoms with Crippen molar-refractivity contribution < 1.29 is 14.7 Å². The van der Waals surface area contributed by atoms with Crippen molar-refractivity contribution in [2.45, 2.75) is 51.0 Å². The summed E-state index contributed by atoms with van der Waals surface area (Å²) < 4.78 is 0. The van der Waals surface area contributed by atoms with Gasteiger partial charge < -0.3 is 10.4 Å². The van der Waals surface area contributed by atoms with Crippen LogP contribution >= 0.6 is 0 Å². The number of carbonyl (C=O) groups excluding carboxylic acids is 1. The number of carboxylic acid groups (broad SMARTS) is 1. The van der Waals surface area contributed by atoms with E-state index in [1.807, 2.05) is 0 Å². The van der Waals surface area contributed by atoms with E-state index in [-0.39, 0.29) is 23.8 Å². The zero-order valence-corrected chi connectivity index (χ0v) is 12.8. The first-order valence-electron chi connectivity index (χ1n) is 8.23. The number of benzene rings is 1. The molecule has 1 amide bonds. The topological polar surface area (TPSA) is 66.4 Å². The standard InChI is InChI=1S/C18H23NO3/c20-17(13-5-7-14(8-6-13)18(21)22)19-16-10-9-12-3-1-2-4-15(12)11-16/h1-4,13-14,16H,5-11H2,(H,19,20)(H,21,22). The molecule has 0 aromatic heterocycles. The Morgan fingerprint density at radius 1 is 0.955 bits per heavy atom. The molecular weight excluding hydrogens is 278 g/mol. The number of carboxylic acids is 1. The van der Waals surface area contributed by atoms with Crippen LogP contribution in [0.4, 0.5) is 0 Å². The summed E-state index contributed by atoms with van der Waals surface area (Å²) in [5.74, 6) is -0.866. The summed E-state index contributed by atoms with van der Waals surface area (Å²) in [6, 6.07) is 8.65. The normalized spacial score (nSPS) is 27.7. The summed E-state index contributed by atoms with van der Waals surface area (Å²) >= 11 is 0. The van der Waals surface area contributed by atoms with E-state index in [9.17, 15) is 9.59 Å². The Bertz CT molecular complexity index is 561. The van der Waals surface area contributed by atoms with Crippen molar-refractivity contribution in [2.75, 3.05) is 0 Å². The zero-order valence-electron chi connectivity index (χ0n) is 12.8. The Morgan fingerprint density at radius 3 is 2.27 bits per heavy atom. The number of hydrogen-bond acceptors (Lipinski definition) is 2. The summed E-state index contributed by atoms with van der Waals surface area (Å²) in [5, 5.41) is 12.2. The fraction of sp³-hybridized carbons (Fsp3) is 0.556. The monoisotopic (exact) mass is 301 g/mol. The first kappa shape index (κ1) is 15.1. The summed E-state index contributed by atoms with van der Waals surface area (Å²) in [4.78, 5) is 23.4. The fourth-order valence-corrected chi connectivity index (χ4v) is 3.74. The van der Waals surface area contributed by atoms with Crippen LogP contribution in [0.25, 0.3) is 0 Å². The Kier molecular flexibility index (Phi) is 4.46. The van der Waals surface area contributed by atoms with Crippen LogP contribution in [0, 0.1) is 11.8 Å². The molecule has 0 saturated heterocycles. The highest BCUT2D eigenvalue weighted by Crippen LogP contribution is 2.29. The molecule has 0 bridgehead atoms. The first-order chi connectivity index (χ1) is 10.6. The molecule has 0 radical (unpaired) electrons. The molecule has 3 rings (SSSR count). The van der Waals surface area contributed by atoms with E-state index < -0.39 is 5.97 Å². The van der Waals surface area contributed by atoms with Gasteiger partial charge in [0.2, 0.25) is 5.91 Å². The molecule has 2 aliphatic carbocycles. The molecule has 0 heterocycles. The quantitative estimate of drug-likeness (QED) is 0.901. The molecule has 1 fully saturated rings. The van der Waals surface area contributed by atoms with Crippen molar-refractivity contribution >= 4 is 11.9 Å². The third-order valence-corrected chi connectivity index (χ3v) is 5.14. The van der Waals surface area contributed by atoms with Crippen molar-refractivity contribution in [3.05, 3.63) is 35.4 Å². The maximum Gasteiger partial charge on any atom is 0.306 e. The lowest BCUT2D eigenvalue weighted by Crippen LogP contribution is -2.43. The minimum absolute atomic E-state index is 0.00669. The summed E-state index contributed by atoms with van der Waals surface area (Å²) in [6.45, 7) is 0. The second-order valence-corrected chi connectivity index (χ2v) is 6.60. The molecule has 0 spiro atoms. The number of carbonyl (C=O) groups is 2. The maximum absolute atomic E-state index is 12.4. The number of rotatable bonds is 3. The van der Waals surface area contributed by atoms with E-state index in [0.717, 1.165) is 19.3 Å². The first-order valence-corrected chi connectivity index (χ1v) is 8.23. The van der Waals surface area contributed by atoms with E-state index >= 15 is 0 Å². The van der Waals surface area contributed by atoms with Gasteiger partial charge in [0.1, 0.15) is 0 Å². The average Bonchev–Trinajstić information content (AvgIpc) is 2.55. The molecular formula is C18H23NO3. The van der Waals surface area contributed by atoms with Crippen LogP contribution in [-0.2, 0) is 22.4 Å². The number of amides is 1. The lowest BCUT2D eigenvalue weighted by molar-refractivity contribution is -0.144. The summed E-state index contributed by atoms with van der Waals surface area (Å²) in [6.07, 6.45) is 5.58. The molecule has 1 aromatic carbocycles. The van der Waals surface area contributed by atoms with Crippen LogP contribution in [-0.4, -0.2) is 23.0 Å². The van der Waals surface area contributed by atoms with Gasteiger partial charge in [0.25, 0.3) is 0 Å². The van der Waals surface area contributed by atoms with E-state index in [1.165, 1.54) is 11.1 Å². The SMILES string of the molecule is O=C(O)C1CCC(C(=O)NC2CCc3ccccc3C2)CC1. The van der Waals surface area contributed by atoms with Gasteiger partial charge in [-0.05, 0) is 56.1 Å². The van der Waals surface area contributed by atoms with Crippen molar-refractivity contribution in [3.63, 3.8) is 0 Å². The predicted octanol–water partition coefficient (Wildman–Crippen LogP) is 2.55. The number of aryl methyl sites for hydroxylation is 1. The highest BCUT2D eigenvalue weighted by atomic mass is 16.4. The molecule has 1 atom stereocenters. The van der Waals surface area contributed by atoms with Gasteiger partial charge in [-0.25, -0.2) is 0 Å². The summed E-state index contributed by atoms with van der Waals surface area (Å²) in [7, 11) is 0. The highest BCUT2D eigenvalue weighted by molar-refractivity contribution is 5.79. The molecule has 1 saturated carbocycles. The van der Waals surface area contributed by atoms with Crippen LogP contribution in [0.3, 0.4) is 0 Å². The van der Waals surface area contributed by atoms with E-state index in [4.69, 9.17) is 5.11 Å². The van der Waals surface area contributed by atoms with Crippen molar-refractivity contribution in [2.24, 2.45) is 11.8 Å². The molecule has 118 valence electrons. The molecule has 2 N–H and O–H groups in total. The van der Waals surface area contributed by atoms with Crippen molar-refractivity contribution in [1.82, 2.24) is 5.32 Å². The molecule has 4 nitrogen and oxygen atoms in total. The van der Waals surface area contributed by atoms with Crippen LogP contribution in [0.15, 0.2) is 24.3 Å². The zero-order chi connectivity index (χ0) is 15.5. The van der Waals surface area contributed by atoms with E-state index in [0.29, 0.717) is 25.7 Å². The van der Waals surface area contributed by atoms with Gasteiger partial charge >= 0.3 is 5.97 Å². The number of nitrogens with one attached hydrogen (secondary N) is 1. The lowest BCUT2D eigenvalue weighted by atomic mass is 9.81. The van der Waals surface area contributed by atoms with Crippen LogP contribution in [0.2, 0.25) is 0 Å². The summed E-state index contributed by atoms with van der Waals surface area (Å²) in [5.41, 5.74) is 2.74. The fourth-order valence-electron chi connectivity index (χ4n) is 3.74. The van der Waals surface area contributed by atoms with Gasteiger partial charge in [-0.3, -0.25) is 9.59 Å². The third kappa shape index (κ3) is 3.32. The Labute approximate surface area is 130 Å². The molecule has 4 heteroatoms. The smallest absolute Gasteiger partial charge is 0.306 e. The number of fused-ring (bicyclic) bond motifs is 1. The second kappa shape index (κ2) is 6.51. The van der Waals surface area contributed by atoms with Gasteiger partial charge in [0, 0.05) is 12.0 Å². The minimum Gasteiger partial charge on any atom is -0.481 e. The minimum atomic E-state index is -0.720. The van der Waals surface area contributed by atoms with Gasteiger partial charge in [-0.15, -0.1) is 0 Å². The maximum atomic E-state index is 12.4. The van der Waals surface area contributed by atoms with Crippen LogP contribution in [0.1, 0.15) is 43.2 Å². The molecule has 0 aliphatic heterocycles. The Morgan fingerprint density at radius 2 is 1.59 bits per heavy atom. The van der Waals surface area contributed by atoms with Crippen LogP contribution in [0.5, 0.6) is 0 Å². The van der Waals surface area contributed by atoms with E-state index in [2.05, 4.69) is 29.6 Å². The van der Waals surface area contributed by atoms with E-state index in [1.54, 1.807) is 0 Å². The Hall–Kier alpha value is -1.84. The molecule has 2 aliphatic rings. The highest BCUT2D eigenvalue weighted by Gasteiger charge is 2.31. The van der Waals surface area contributed by atoms with Gasteiger partial charge in [-0.1, -0.05) is 24.3 Å². The molecule has 1 unspecified atom stereocenters. The number of hydrogen-bond donors (Lipinski definition) is 2. The van der Waals surface area contributed by atoms with Crippen molar-refractivity contribution in [1.29, 1.82) is 0 Å². The second-order valence-electron chi connectivity index (χ2n) is 6.60. The molecule has 22 heavy (non-hydrogen) atoms.